The van der Waals surface area contributed by atoms with Crippen LogP contribution in [0.3, 0.4) is 0 Å². The Balaban J connectivity index is 2.67. The Kier molecular flexibility index (Phi) is 3.46. The zero-order valence-corrected chi connectivity index (χ0v) is 8.49. The Labute approximate surface area is 83.1 Å². The lowest BCUT2D eigenvalue weighted by molar-refractivity contribution is -0.148. The van der Waals surface area contributed by atoms with Gasteiger partial charge in [0.1, 0.15) is 6.04 Å². The van der Waals surface area contributed by atoms with Crippen LogP contribution in [0.5, 0.6) is 0 Å². The van der Waals surface area contributed by atoms with Gasteiger partial charge in [0.2, 0.25) is 5.91 Å². The molecule has 1 fully saturated rings. The van der Waals surface area contributed by atoms with E-state index in [0.29, 0.717) is 13.0 Å². The molecule has 0 aromatic rings. The van der Waals surface area contributed by atoms with Crippen molar-refractivity contribution in [3.63, 3.8) is 0 Å². The average Bonchev–Trinajstić information content (AvgIpc) is 2.63. The molecule has 5 nitrogen and oxygen atoms in total. The highest BCUT2D eigenvalue weighted by molar-refractivity contribution is 5.87. The molecule has 1 amide bonds. The highest BCUT2D eigenvalue weighted by atomic mass is 16.4. The van der Waals surface area contributed by atoms with Gasteiger partial charge < -0.3 is 15.3 Å². The lowest BCUT2D eigenvalue weighted by Gasteiger charge is -2.24. The molecule has 0 saturated carbocycles. The smallest absolute Gasteiger partial charge is 0.326 e. The zero-order valence-electron chi connectivity index (χ0n) is 8.49. The second kappa shape index (κ2) is 4.41. The number of carboxylic acids is 1. The lowest BCUT2D eigenvalue weighted by atomic mass is 10.2. The summed E-state index contributed by atoms with van der Waals surface area (Å²) in [6.45, 7) is 2.29. The number of carbonyl (C=O) groups excluding carboxylic acids is 1. The molecular weight excluding hydrogens is 184 g/mol. The molecule has 1 aliphatic heterocycles. The standard InChI is InChI=1S/C9H16N2O3/c1-6(10-2)8(12)11-5-3-4-7(11)9(13)14/h6-7,10H,3-5H2,1-2H3,(H,13,14)/t6?,7-/m0/s1. The molecule has 1 unspecified atom stereocenters. The summed E-state index contributed by atoms with van der Waals surface area (Å²) >= 11 is 0. The summed E-state index contributed by atoms with van der Waals surface area (Å²) in [5.41, 5.74) is 0. The Bertz CT molecular complexity index is 242. The average molecular weight is 200 g/mol. The van der Waals surface area contributed by atoms with E-state index in [-0.39, 0.29) is 11.9 Å². The minimum atomic E-state index is -0.904. The van der Waals surface area contributed by atoms with E-state index in [0.717, 1.165) is 6.42 Å². The van der Waals surface area contributed by atoms with Gasteiger partial charge in [-0.05, 0) is 26.8 Å². The van der Waals surface area contributed by atoms with Crippen molar-refractivity contribution in [1.29, 1.82) is 0 Å². The molecule has 0 aromatic heterocycles. The van der Waals surface area contributed by atoms with E-state index >= 15 is 0 Å². The van der Waals surface area contributed by atoms with Crippen LogP contribution in [0, 0.1) is 0 Å². The summed E-state index contributed by atoms with van der Waals surface area (Å²) in [5, 5.41) is 11.7. The van der Waals surface area contributed by atoms with E-state index in [4.69, 9.17) is 5.11 Å². The third-order valence-corrected chi connectivity index (χ3v) is 2.62. The van der Waals surface area contributed by atoms with Crippen LogP contribution in [0.1, 0.15) is 19.8 Å². The number of nitrogens with zero attached hydrogens (tertiary/aromatic N) is 1. The number of carboxylic acid groups (broad SMARTS) is 1. The second-order valence-corrected chi connectivity index (χ2v) is 3.54. The van der Waals surface area contributed by atoms with Gasteiger partial charge in [0, 0.05) is 6.54 Å². The SMILES string of the molecule is CNC(C)C(=O)N1CCC[C@H]1C(=O)O. The molecule has 0 spiro atoms. The van der Waals surface area contributed by atoms with Crippen molar-refractivity contribution < 1.29 is 14.7 Å². The summed E-state index contributed by atoms with van der Waals surface area (Å²) in [4.78, 5) is 24.0. The predicted octanol–water partition coefficient (Wildman–Crippen LogP) is -0.330. The molecule has 1 aliphatic rings. The van der Waals surface area contributed by atoms with Gasteiger partial charge in [0.05, 0.1) is 6.04 Å². The van der Waals surface area contributed by atoms with Gasteiger partial charge in [0.25, 0.3) is 0 Å². The monoisotopic (exact) mass is 200 g/mol. The topological polar surface area (TPSA) is 69.6 Å². The van der Waals surface area contributed by atoms with Gasteiger partial charge in [-0.25, -0.2) is 4.79 Å². The first-order chi connectivity index (χ1) is 6.57. The number of hydrogen-bond donors (Lipinski definition) is 2. The van der Waals surface area contributed by atoms with Gasteiger partial charge >= 0.3 is 5.97 Å². The van der Waals surface area contributed by atoms with Crippen molar-refractivity contribution in [1.82, 2.24) is 10.2 Å². The van der Waals surface area contributed by atoms with E-state index in [9.17, 15) is 9.59 Å². The summed E-state index contributed by atoms with van der Waals surface area (Å²) in [6, 6.07) is -0.937. The van der Waals surface area contributed by atoms with E-state index in [1.165, 1.54) is 4.90 Å². The van der Waals surface area contributed by atoms with Crippen LogP contribution < -0.4 is 5.32 Å². The first kappa shape index (κ1) is 11.0. The van der Waals surface area contributed by atoms with Crippen molar-refractivity contribution in [2.75, 3.05) is 13.6 Å². The van der Waals surface area contributed by atoms with Crippen LogP contribution >= 0.6 is 0 Å². The zero-order chi connectivity index (χ0) is 10.7. The molecule has 1 rings (SSSR count). The van der Waals surface area contributed by atoms with Crippen LogP contribution in [0.2, 0.25) is 0 Å². The van der Waals surface area contributed by atoms with Crippen LogP contribution in [0.15, 0.2) is 0 Å². The molecule has 80 valence electrons. The van der Waals surface area contributed by atoms with E-state index in [2.05, 4.69) is 5.32 Å². The predicted molar refractivity (Wildman–Crippen MR) is 50.9 cm³/mol. The fourth-order valence-corrected chi connectivity index (χ4v) is 1.66. The van der Waals surface area contributed by atoms with Gasteiger partial charge in [0.15, 0.2) is 0 Å². The minimum absolute atomic E-state index is 0.127. The van der Waals surface area contributed by atoms with Gasteiger partial charge in [-0.1, -0.05) is 0 Å². The molecule has 1 saturated heterocycles. The van der Waals surface area contributed by atoms with Gasteiger partial charge in [-0.15, -0.1) is 0 Å². The van der Waals surface area contributed by atoms with E-state index in [1.807, 2.05) is 0 Å². The third-order valence-electron chi connectivity index (χ3n) is 2.62. The summed E-state index contributed by atoms with van der Waals surface area (Å²) in [6.07, 6.45) is 1.34. The van der Waals surface area contributed by atoms with Gasteiger partial charge in [-0.2, -0.15) is 0 Å². The third kappa shape index (κ3) is 2.04. The van der Waals surface area contributed by atoms with Crippen molar-refractivity contribution >= 4 is 11.9 Å². The molecule has 2 atom stereocenters. The minimum Gasteiger partial charge on any atom is -0.480 e. The van der Waals surface area contributed by atoms with Crippen LogP contribution in [0.4, 0.5) is 0 Å². The Morgan fingerprint density at radius 1 is 1.57 bits per heavy atom. The molecular formula is C9H16N2O3. The molecule has 2 N–H and O–H groups in total. The molecule has 0 aliphatic carbocycles. The summed E-state index contributed by atoms with van der Waals surface area (Å²) < 4.78 is 0. The number of likely N-dealkylation sites (N-methyl/N-ethyl adjacent to an activating group) is 1. The number of carbonyl (C=O) groups is 2. The first-order valence-electron chi connectivity index (χ1n) is 4.78. The molecule has 1 heterocycles. The second-order valence-electron chi connectivity index (χ2n) is 3.54. The van der Waals surface area contributed by atoms with Crippen molar-refractivity contribution in [3.8, 4) is 0 Å². The number of hydrogen-bond acceptors (Lipinski definition) is 3. The van der Waals surface area contributed by atoms with Crippen molar-refractivity contribution in [2.45, 2.75) is 31.8 Å². The number of amides is 1. The molecule has 14 heavy (non-hydrogen) atoms. The molecule has 0 aromatic carbocycles. The fraction of sp³-hybridized carbons (Fsp3) is 0.778. The van der Waals surface area contributed by atoms with Crippen LogP contribution in [-0.4, -0.2) is 47.6 Å². The number of nitrogens with one attached hydrogen (secondary N) is 1. The summed E-state index contributed by atoms with van der Waals surface area (Å²) in [7, 11) is 1.69. The maximum absolute atomic E-state index is 11.7. The normalized spacial score (nSPS) is 23.6. The highest BCUT2D eigenvalue weighted by Gasteiger charge is 2.35. The number of rotatable bonds is 3. The molecule has 0 radical (unpaired) electrons. The van der Waals surface area contributed by atoms with Crippen LogP contribution in [0.25, 0.3) is 0 Å². The maximum Gasteiger partial charge on any atom is 0.326 e. The Morgan fingerprint density at radius 3 is 2.71 bits per heavy atom. The first-order valence-corrected chi connectivity index (χ1v) is 4.78. The quantitative estimate of drug-likeness (QED) is 0.654. The van der Waals surface area contributed by atoms with Crippen molar-refractivity contribution in [3.05, 3.63) is 0 Å². The van der Waals surface area contributed by atoms with Crippen molar-refractivity contribution in [2.24, 2.45) is 0 Å². The van der Waals surface area contributed by atoms with E-state index < -0.39 is 12.0 Å². The highest BCUT2D eigenvalue weighted by Crippen LogP contribution is 2.18. The molecule has 0 bridgehead atoms. The lowest BCUT2D eigenvalue weighted by Crippen LogP contribution is -2.48. The fourth-order valence-electron chi connectivity index (χ4n) is 1.66. The number of likely N-dealkylation sites (tertiary alicyclic amines) is 1. The summed E-state index contributed by atoms with van der Waals surface area (Å²) in [5.74, 6) is -1.03. The Hall–Kier alpha value is -1.10. The number of aliphatic carboxylic acids is 1. The maximum atomic E-state index is 11.7. The largest absolute Gasteiger partial charge is 0.480 e. The van der Waals surface area contributed by atoms with E-state index in [1.54, 1.807) is 14.0 Å². The molecule has 5 heteroatoms. The Morgan fingerprint density at radius 2 is 2.21 bits per heavy atom. The van der Waals surface area contributed by atoms with Gasteiger partial charge in [-0.3, -0.25) is 4.79 Å². The van der Waals surface area contributed by atoms with Crippen LogP contribution in [-0.2, 0) is 9.59 Å².